The molecule has 6 rings (SSSR count). The van der Waals surface area contributed by atoms with Gasteiger partial charge in [0, 0.05) is 90.2 Å². The summed E-state index contributed by atoms with van der Waals surface area (Å²) in [5, 5.41) is 2.90. The molecule has 1 aromatic carbocycles. The Morgan fingerprint density at radius 2 is 1.75 bits per heavy atom. The van der Waals surface area contributed by atoms with Crippen LogP contribution in [0.4, 0.5) is 19.0 Å². The highest BCUT2D eigenvalue weighted by atomic mass is 32.2. The predicted molar refractivity (Wildman–Crippen MR) is 186 cm³/mol. The highest BCUT2D eigenvalue weighted by Crippen LogP contribution is 2.52. The number of carbonyl (C=O) groups excluding carboxylic acids is 2. The summed E-state index contributed by atoms with van der Waals surface area (Å²) in [6.45, 7) is 10.5. The normalized spacial score (nSPS) is 22.3. The van der Waals surface area contributed by atoms with Crippen molar-refractivity contribution in [3.8, 4) is 22.6 Å². The molecule has 2 saturated heterocycles. The van der Waals surface area contributed by atoms with E-state index >= 15 is 0 Å². The number of nitrogens with zero attached hydrogens (tertiary/aromatic N) is 3. The standard InChI is InChI=1S/C36H42F3N5O6S/c1-19-13-28(51-6)27(33(46)42-19)16-41-32(45)25-14-26(23-7-8-29(40-15-23)44-17-20(2)48-21(3)18-44)31-30(22(25)4)49-35(5,50-31)24-9-11-43(12-10-24)34(47)36(37,38)39/h7-8,13-15,20-21,24H,9-12,16-18H2,1-6H3,(H,41,45)(H,42,46)/t20-,21+,35-/m1/s1. The number of aryl methyl sites for hydroxylation is 1. The molecule has 0 saturated carbocycles. The number of H-pyrrole nitrogens is 1. The predicted octanol–water partition coefficient (Wildman–Crippen LogP) is 5.61. The maximum Gasteiger partial charge on any atom is 0.471 e. The number of benzene rings is 1. The molecular formula is C36H42F3N5O6S. The zero-order valence-corrected chi connectivity index (χ0v) is 30.2. The van der Waals surface area contributed by atoms with Crippen molar-refractivity contribution >= 4 is 29.4 Å². The first-order valence-corrected chi connectivity index (χ1v) is 18.1. The van der Waals surface area contributed by atoms with Crippen molar-refractivity contribution in [3.05, 3.63) is 63.2 Å². The number of hydrogen-bond acceptors (Lipinski definition) is 9. The van der Waals surface area contributed by atoms with E-state index < -0.39 is 23.8 Å². The third-order valence-electron chi connectivity index (χ3n) is 9.78. The van der Waals surface area contributed by atoms with Gasteiger partial charge in [0.25, 0.3) is 17.3 Å². The Bertz CT molecular complexity index is 1870. The van der Waals surface area contributed by atoms with Gasteiger partial charge in [0.2, 0.25) is 0 Å². The van der Waals surface area contributed by atoms with Gasteiger partial charge in [0.15, 0.2) is 11.5 Å². The minimum Gasteiger partial charge on any atom is -0.448 e. The number of nitrogens with one attached hydrogen (secondary N) is 2. The van der Waals surface area contributed by atoms with Gasteiger partial charge < -0.3 is 34.3 Å². The van der Waals surface area contributed by atoms with Crippen LogP contribution in [0.15, 0.2) is 40.2 Å². The quantitative estimate of drug-likeness (QED) is 0.299. The molecule has 3 aliphatic heterocycles. The molecule has 2 N–H and O–H groups in total. The molecule has 5 heterocycles. The van der Waals surface area contributed by atoms with Crippen molar-refractivity contribution in [3.63, 3.8) is 0 Å². The van der Waals surface area contributed by atoms with E-state index in [1.165, 1.54) is 11.8 Å². The molecule has 3 aromatic rings. The molecule has 11 nitrogen and oxygen atoms in total. The van der Waals surface area contributed by atoms with Crippen molar-refractivity contribution in [2.75, 3.05) is 37.3 Å². The monoisotopic (exact) mass is 729 g/mol. The fraction of sp³-hybridized carbons (Fsp3) is 0.500. The first kappa shape index (κ1) is 36.5. The number of alkyl halides is 3. The number of amides is 2. The Balaban J connectivity index is 1.32. The van der Waals surface area contributed by atoms with E-state index in [1.54, 1.807) is 33.0 Å². The zero-order chi connectivity index (χ0) is 36.8. The number of piperidine rings is 1. The Morgan fingerprint density at radius 3 is 2.35 bits per heavy atom. The van der Waals surface area contributed by atoms with Crippen molar-refractivity contribution in [1.82, 2.24) is 20.2 Å². The van der Waals surface area contributed by atoms with E-state index in [1.807, 2.05) is 38.3 Å². The number of halogens is 3. The van der Waals surface area contributed by atoms with Crippen LogP contribution in [-0.4, -0.2) is 83.3 Å². The third kappa shape index (κ3) is 7.41. The molecule has 15 heteroatoms. The number of thioether (sulfide) groups is 1. The maximum absolute atomic E-state index is 13.9. The smallest absolute Gasteiger partial charge is 0.448 e. The van der Waals surface area contributed by atoms with Gasteiger partial charge >= 0.3 is 12.1 Å². The van der Waals surface area contributed by atoms with Gasteiger partial charge in [-0.15, -0.1) is 11.8 Å². The maximum atomic E-state index is 13.9. The Hall–Kier alpha value is -4.24. The van der Waals surface area contributed by atoms with Crippen LogP contribution in [0.2, 0.25) is 0 Å². The van der Waals surface area contributed by atoms with Crippen molar-refractivity contribution in [2.45, 2.75) is 83.1 Å². The number of aromatic amines is 1. The summed E-state index contributed by atoms with van der Waals surface area (Å²) in [6, 6.07) is 7.38. The molecule has 0 bridgehead atoms. The molecule has 2 aromatic heterocycles. The van der Waals surface area contributed by atoms with Gasteiger partial charge in [-0.2, -0.15) is 13.2 Å². The largest absolute Gasteiger partial charge is 0.471 e. The Morgan fingerprint density at radius 1 is 1.08 bits per heavy atom. The molecule has 0 unspecified atom stereocenters. The van der Waals surface area contributed by atoms with Crippen LogP contribution in [-0.2, 0) is 16.1 Å². The summed E-state index contributed by atoms with van der Waals surface area (Å²) in [5.74, 6) is -2.41. The molecule has 3 aliphatic rings. The molecular weight excluding hydrogens is 687 g/mol. The van der Waals surface area contributed by atoms with E-state index in [2.05, 4.69) is 15.2 Å². The molecule has 51 heavy (non-hydrogen) atoms. The SMILES string of the molecule is CSc1cc(C)[nH]c(=O)c1CNC(=O)c1cc(-c2ccc(N3C[C@@H](C)O[C@@H](C)C3)nc2)c2c(c1C)O[C@@](C)(C1CCN(C(=O)C(F)(F)F)CC1)O2. The third-order valence-corrected chi connectivity index (χ3v) is 10.6. The van der Waals surface area contributed by atoms with Crippen LogP contribution in [0.5, 0.6) is 11.5 Å². The van der Waals surface area contributed by atoms with Crippen LogP contribution >= 0.6 is 11.8 Å². The van der Waals surface area contributed by atoms with Gasteiger partial charge in [-0.3, -0.25) is 14.4 Å². The van der Waals surface area contributed by atoms with Crippen LogP contribution in [0, 0.1) is 19.8 Å². The highest BCUT2D eigenvalue weighted by molar-refractivity contribution is 7.98. The van der Waals surface area contributed by atoms with E-state index in [0.717, 1.165) is 15.6 Å². The highest BCUT2D eigenvalue weighted by Gasteiger charge is 2.50. The summed E-state index contributed by atoms with van der Waals surface area (Å²) in [6.07, 6.45) is -0.831. The summed E-state index contributed by atoms with van der Waals surface area (Å²) in [5.41, 5.74) is 2.89. The average molecular weight is 730 g/mol. The van der Waals surface area contributed by atoms with Gasteiger partial charge in [0.05, 0.1) is 12.2 Å². The first-order valence-electron chi connectivity index (χ1n) is 16.9. The number of morpholine rings is 1. The molecule has 0 spiro atoms. The lowest BCUT2D eigenvalue weighted by Gasteiger charge is -2.38. The number of ether oxygens (including phenoxy) is 3. The van der Waals surface area contributed by atoms with E-state index in [-0.39, 0.29) is 56.2 Å². The van der Waals surface area contributed by atoms with Crippen LogP contribution in [0.3, 0.4) is 0 Å². The molecule has 274 valence electrons. The molecule has 2 amide bonds. The van der Waals surface area contributed by atoms with E-state index in [0.29, 0.717) is 58.1 Å². The van der Waals surface area contributed by atoms with E-state index in [9.17, 15) is 27.6 Å². The van der Waals surface area contributed by atoms with Gasteiger partial charge in [-0.1, -0.05) is 0 Å². The van der Waals surface area contributed by atoms with Gasteiger partial charge in [0.1, 0.15) is 5.82 Å². The number of aromatic nitrogens is 2. The minimum absolute atomic E-state index is 0.00653. The lowest BCUT2D eigenvalue weighted by Crippen LogP contribution is -2.51. The number of anilines is 1. The number of carbonyl (C=O) groups is 2. The number of fused-ring (bicyclic) bond motifs is 1. The lowest BCUT2D eigenvalue weighted by atomic mass is 9.89. The number of likely N-dealkylation sites (tertiary alicyclic amines) is 1. The van der Waals surface area contributed by atoms with Crippen molar-refractivity contribution < 1.29 is 37.0 Å². The first-order chi connectivity index (χ1) is 24.1. The number of pyridine rings is 2. The summed E-state index contributed by atoms with van der Waals surface area (Å²) < 4.78 is 58.4. The van der Waals surface area contributed by atoms with Crippen molar-refractivity contribution in [2.24, 2.45) is 5.92 Å². The minimum atomic E-state index is -4.94. The van der Waals surface area contributed by atoms with Gasteiger partial charge in [-0.05, 0) is 71.1 Å². The molecule has 3 atom stereocenters. The van der Waals surface area contributed by atoms with Crippen LogP contribution in [0.25, 0.3) is 11.1 Å². The summed E-state index contributed by atoms with van der Waals surface area (Å²) >= 11 is 1.42. The second-order valence-electron chi connectivity index (χ2n) is 13.6. The Kier molecular flexibility index (Phi) is 10.1. The van der Waals surface area contributed by atoms with Gasteiger partial charge in [-0.25, -0.2) is 4.98 Å². The molecule has 2 fully saturated rings. The summed E-state index contributed by atoms with van der Waals surface area (Å²) in [4.78, 5) is 49.8. The number of hydrogen-bond donors (Lipinski definition) is 2. The van der Waals surface area contributed by atoms with E-state index in [4.69, 9.17) is 19.2 Å². The lowest BCUT2D eigenvalue weighted by molar-refractivity contribution is -0.189. The zero-order valence-electron chi connectivity index (χ0n) is 29.4. The average Bonchev–Trinajstić information content (AvgIpc) is 3.45. The fourth-order valence-electron chi connectivity index (χ4n) is 7.18. The van der Waals surface area contributed by atoms with Crippen LogP contribution < -0.4 is 25.2 Å². The topological polar surface area (TPSA) is 126 Å². The molecule has 0 radical (unpaired) electrons. The second-order valence-corrected chi connectivity index (χ2v) is 14.5. The molecule has 0 aliphatic carbocycles. The Labute approximate surface area is 298 Å². The summed E-state index contributed by atoms with van der Waals surface area (Å²) in [7, 11) is 0. The van der Waals surface area contributed by atoms with Crippen molar-refractivity contribution in [1.29, 1.82) is 0 Å². The second kappa shape index (κ2) is 14.1. The number of rotatable bonds is 7. The fourth-order valence-corrected chi connectivity index (χ4v) is 7.89. The van der Waals surface area contributed by atoms with Crippen LogP contribution in [0.1, 0.15) is 60.8 Å².